The van der Waals surface area contributed by atoms with Crippen LogP contribution in [0, 0.1) is 0 Å². The van der Waals surface area contributed by atoms with E-state index in [-0.39, 0.29) is 11.9 Å². The van der Waals surface area contributed by atoms with Gasteiger partial charge in [-0.15, -0.1) is 11.8 Å². The van der Waals surface area contributed by atoms with E-state index in [1.807, 2.05) is 54.6 Å². The molecular formula is C17H17NO2S. The number of carbonyl (C=O) groups is 1. The van der Waals surface area contributed by atoms with E-state index in [0.717, 1.165) is 22.6 Å². The van der Waals surface area contributed by atoms with Crippen molar-refractivity contribution in [3.8, 4) is 5.75 Å². The number of fused-ring (bicyclic) bond motifs is 1. The van der Waals surface area contributed by atoms with Gasteiger partial charge in [0.2, 0.25) is 5.91 Å². The minimum atomic E-state index is 0.0545. The van der Waals surface area contributed by atoms with Crippen LogP contribution < -0.4 is 10.1 Å². The summed E-state index contributed by atoms with van der Waals surface area (Å²) in [5.74, 6) is 1.37. The Morgan fingerprint density at radius 3 is 2.76 bits per heavy atom. The van der Waals surface area contributed by atoms with E-state index in [4.69, 9.17) is 4.74 Å². The Kier molecular flexibility index (Phi) is 4.46. The fourth-order valence-corrected chi connectivity index (χ4v) is 3.12. The van der Waals surface area contributed by atoms with Gasteiger partial charge in [0.25, 0.3) is 0 Å². The number of benzene rings is 2. The van der Waals surface area contributed by atoms with Crippen molar-refractivity contribution in [3.63, 3.8) is 0 Å². The normalized spacial score (nSPS) is 16.7. The monoisotopic (exact) mass is 299 g/mol. The van der Waals surface area contributed by atoms with Gasteiger partial charge in [0.15, 0.2) is 0 Å². The van der Waals surface area contributed by atoms with Crippen LogP contribution in [0.1, 0.15) is 18.0 Å². The summed E-state index contributed by atoms with van der Waals surface area (Å²) in [5.41, 5.74) is 1.07. The molecule has 0 radical (unpaired) electrons. The molecule has 0 saturated heterocycles. The SMILES string of the molecule is O=C(CSc1ccccc1)N[C@H]1CCOc2ccccc21. The zero-order chi connectivity index (χ0) is 14.5. The molecule has 0 saturated carbocycles. The summed E-state index contributed by atoms with van der Waals surface area (Å²) in [6, 6.07) is 17.9. The number of rotatable bonds is 4. The summed E-state index contributed by atoms with van der Waals surface area (Å²) in [6.45, 7) is 0.647. The second-order valence-corrected chi connectivity index (χ2v) is 5.95. The first-order valence-corrected chi connectivity index (χ1v) is 8.00. The molecule has 1 atom stereocenters. The zero-order valence-electron chi connectivity index (χ0n) is 11.6. The molecule has 0 spiro atoms. The molecule has 1 aliphatic heterocycles. The van der Waals surface area contributed by atoms with Crippen LogP contribution in [0.5, 0.6) is 5.75 Å². The van der Waals surface area contributed by atoms with Gasteiger partial charge in [-0.1, -0.05) is 36.4 Å². The quantitative estimate of drug-likeness (QED) is 0.879. The first-order chi connectivity index (χ1) is 10.3. The van der Waals surface area contributed by atoms with Gasteiger partial charge in [0.1, 0.15) is 5.75 Å². The van der Waals surface area contributed by atoms with E-state index >= 15 is 0 Å². The van der Waals surface area contributed by atoms with Gasteiger partial charge in [-0.2, -0.15) is 0 Å². The molecule has 2 aromatic rings. The predicted molar refractivity (Wildman–Crippen MR) is 84.6 cm³/mol. The molecule has 21 heavy (non-hydrogen) atoms. The first-order valence-electron chi connectivity index (χ1n) is 7.02. The largest absolute Gasteiger partial charge is 0.493 e. The average Bonchev–Trinajstić information content (AvgIpc) is 2.54. The van der Waals surface area contributed by atoms with Crippen molar-refractivity contribution in [2.75, 3.05) is 12.4 Å². The first kappa shape index (κ1) is 14.0. The number of ether oxygens (including phenoxy) is 1. The summed E-state index contributed by atoms with van der Waals surface area (Å²) in [5, 5.41) is 3.11. The van der Waals surface area contributed by atoms with Crippen LogP contribution in [0.3, 0.4) is 0 Å². The maximum absolute atomic E-state index is 12.1. The Morgan fingerprint density at radius 2 is 1.90 bits per heavy atom. The van der Waals surface area contributed by atoms with Crippen molar-refractivity contribution >= 4 is 17.7 Å². The number of amides is 1. The maximum atomic E-state index is 12.1. The highest BCUT2D eigenvalue weighted by Gasteiger charge is 2.22. The molecule has 2 aromatic carbocycles. The number of thioether (sulfide) groups is 1. The van der Waals surface area contributed by atoms with Crippen LogP contribution in [-0.2, 0) is 4.79 Å². The van der Waals surface area contributed by atoms with Crippen LogP contribution in [-0.4, -0.2) is 18.3 Å². The Hall–Kier alpha value is -1.94. The number of para-hydroxylation sites is 1. The third-order valence-corrected chi connectivity index (χ3v) is 4.42. The number of nitrogens with one attached hydrogen (secondary N) is 1. The van der Waals surface area contributed by atoms with Crippen molar-refractivity contribution in [1.82, 2.24) is 5.32 Å². The lowest BCUT2D eigenvalue weighted by molar-refractivity contribution is -0.119. The minimum Gasteiger partial charge on any atom is -0.493 e. The van der Waals surface area contributed by atoms with E-state index in [1.54, 1.807) is 11.8 Å². The van der Waals surface area contributed by atoms with E-state index in [1.165, 1.54) is 0 Å². The number of hydrogen-bond acceptors (Lipinski definition) is 3. The molecule has 3 rings (SSSR count). The third kappa shape index (κ3) is 3.58. The predicted octanol–water partition coefficient (Wildman–Crippen LogP) is 3.42. The van der Waals surface area contributed by atoms with Gasteiger partial charge < -0.3 is 10.1 Å². The van der Waals surface area contributed by atoms with Gasteiger partial charge in [-0.05, 0) is 18.2 Å². The molecule has 1 N–H and O–H groups in total. The summed E-state index contributed by atoms with van der Waals surface area (Å²) in [6.07, 6.45) is 0.818. The van der Waals surface area contributed by atoms with E-state index < -0.39 is 0 Å². The Balaban J connectivity index is 1.58. The second-order valence-electron chi connectivity index (χ2n) is 4.90. The van der Waals surface area contributed by atoms with Crippen LogP contribution in [0.2, 0.25) is 0 Å². The van der Waals surface area contributed by atoms with Crippen molar-refractivity contribution in [2.24, 2.45) is 0 Å². The standard InChI is InChI=1S/C17H17NO2S/c19-17(12-21-13-6-2-1-3-7-13)18-15-10-11-20-16-9-5-4-8-14(15)16/h1-9,15H,10-12H2,(H,18,19)/t15-/m0/s1. The highest BCUT2D eigenvalue weighted by molar-refractivity contribution is 8.00. The molecule has 1 aliphatic rings. The molecule has 3 nitrogen and oxygen atoms in total. The zero-order valence-corrected chi connectivity index (χ0v) is 12.4. The van der Waals surface area contributed by atoms with Crippen LogP contribution in [0.15, 0.2) is 59.5 Å². The van der Waals surface area contributed by atoms with Crippen molar-refractivity contribution in [3.05, 3.63) is 60.2 Å². The lowest BCUT2D eigenvalue weighted by Gasteiger charge is -2.26. The molecule has 0 fully saturated rings. The van der Waals surface area contributed by atoms with E-state index in [9.17, 15) is 4.79 Å². The van der Waals surface area contributed by atoms with Crippen LogP contribution in [0.4, 0.5) is 0 Å². The lowest BCUT2D eigenvalue weighted by Crippen LogP contribution is -2.33. The molecular weight excluding hydrogens is 282 g/mol. The summed E-state index contributed by atoms with van der Waals surface area (Å²) in [7, 11) is 0. The van der Waals surface area contributed by atoms with Crippen molar-refractivity contribution in [2.45, 2.75) is 17.4 Å². The van der Waals surface area contributed by atoms with Gasteiger partial charge in [-0.3, -0.25) is 4.79 Å². The van der Waals surface area contributed by atoms with Gasteiger partial charge in [0, 0.05) is 16.9 Å². The van der Waals surface area contributed by atoms with Gasteiger partial charge >= 0.3 is 0 Å². The summed E-state index contributed by atoms with van der Waals surface area (Å²) < 4.78 is 5.61. The van der Waals surface area contributed by atoms with Gasteiger partial charge in [0.05, 0.1) is 18.4 Å². The molecule has 1 heterocycles. The highest BCUT2D eigenvalue weighted by atomic mass is 32.2. The average molecular weight is 299 g/mol. The lowest BCUT2D eigenvalue weighted by atomic mass is 10.0. The van der Waals surface area contributed by atoms with Gasteiger partial charge in [-0.25, -0.2) is 0 Å². The highest BCUT2D eigenvalue weighted by Crippen LogP contribution is 2.31. The Morgan fingerprint density at radius 1 is 1.14 bits per heavy atom. The Bertz CT molecular complexity index is 615. The van der Waals surface area contributed by atoms with Crippen LogP contribution in [0.25, 0.3) is 0 Å². The fraction of sp³-hybridized carbons (Fsp3) is 0.235. The maximum Gasteiger partial charge on any atom is 0.230 e. The third-order valence-electron chi connectivity index (χ3n) is 3.41. The smallest absolute Gasteiger partial charge is 0.230 e. The molecule has 108 valence electrons. The summed E-state index contributed by atoms with van der Waals surface area (Å²) >= 11 is 1.56. The van der Waals surface area contributed by atoms with E-state index in [0.29, 0.717) is 12.4 Å². The second kappa shape index (κ2) is 6.68. The number of hydrogen-bond donors (Lipinski definition) is 1. The summed E-state index contributed by atoms with van der Waals surface area (Å²) in [4.78, 5) is 13.2. The Labute approximate surface area is 128 Å². The molecule has 4 heteroatoms. The minimum absolute atomic E-state index is 0.0545. The molecule has 1 amide bonds. The molecule has 0 aromatic heterocycles. The van der Waals surface area contributed by atoms with Crippen molar-refractivity contribution < 1.29 is 9.53 Å². The van der Waals surface area contributed by atoms with Crippen LogP contribution >= 0.6 is 11.8 Å². The topological polar surface area (TPSA) is 38.3 Å². The van der Waals surface area contributed by atoms with Crippen molar-refractivity contribution in [1.29, 1.82) is 0 Å². The number of carbonyl (C=O) groups excluding carboxylic acids is 1. The molecule has 0 bridgehead atoms. The molecule has 0 aliphatic carbocycles. The fourth-order valence-electron chi connectivity index (χ4n) is 2.39. The van der Waals surface area contributed by atoms with E-state index in [2.05, 4.69) is 5.32 Å². The molecule has 0 unspecified atom stereocenters.